The molecule has 2 heterocycles. The Kier molecular flexibility index (Phi) is 7.09. The lowest BCUT2D eigenvalue weighted by atomic mass is 10.0. The predicted molar refractivity (Wildman–Crippen MR) is 89.3 cm³/mol. The molecule has 2 rings (SSSR count). The van der Waals surface area contributed by atoms with Crippen LogP contribution in [0.3, 0.4) is 0 Å². The summed E-state index contributed by atoms with van der Waals surface area (Å²) in [6, 6.07) is 0.312. The molecule has 7 heteroatoms. The molecule has 2 saturated heterocycles. The molecular weight excluding hydrogens is 304 g/mol. The van der Waals surface area contributed by atoms with Crippen LogP contribution in [0.1, 0.15) is 40.0 Å². The first-order valence-electron chi connectivity index (χ1n) is 8.04. The Morgan fingerprint density at radius 3 is 2.36 bits per heavy atom. The molecule has 2 aliphatic heterocycles. The number of nitrogens with one attached hydrogen (secondary N) is 2. The van der Waals surface area contributed by atoms with Crippen LogP contribution in [0.4, 0.5) is 4.79 Å². The molecule has 22 heavy (non-hydrogen) atoms. The van der Waals surface area contributed by atoms with Gasteiger partial charge in [0.25, 0.3) is 5.91 Å². The minimum absolute atomic E-state index is 0. The molecule has 2 aliphatic rings. The molecule has 128 valence electrons. The number of rotatable bonds is 6. The lowest BCUT2D eigenvalue weighted by Crippen LogP contribution is -2.47. The summed E-state index contributed by atoms with van der Waals surface area (Å²) in [5.41, 5.74) is -0.762. The van der Waals surface area contributed by atoms with E-state index in [1.54, 1.807) is 13.8 Å². The molecular formula is C15H29ClN4O2. The number of amides is 3. The van der Waals surface area contributed by atoms with Crippen LogP contribution < -0.4 is 10.6 Å². The summed E-state index contributed by atoms with van der Waals surface area (Å²) in [4.78, 5) is 27.9. The van der Waals surface area contributed by atoms with Gasteiger partial charge in [-0.1, -0.05) is 6.92 Å². The van der Waals surface area contributed by atoms with E-state index in [9.17, 15) is 9.59 Å². The fraction of sp³-hybridized carbons (Fsp3) is 0.867. The van der Waals surface area contributed by atoms with Crippen LogP contribution in [0.5, 0.6) is 0 Å². The minimum Gasteiger partial charge on any atom is -0.324 e. The van der Waals surface area contributed by atoms with Crippen molar-refractivity contribution in [3.63, 3.8) is 0 Å². The summed E-state index contributed by atoms with van der Waals surface area (Å²) in [5.74, 6) is -0.116. The van der Waals surface area contributed by atoms with E-state index in [-0.39, 0.29) is 24.3 Å². The zero-order valence-corrected chi connectivity index (χ0v) is 14.7. The first kappa shape index (κ1) is 19.2. The van der Waals surface area contributed by atoms with Gasteiger partial charge in [-0.15, -0.1) is 12.4 Å². The number of urea groups is 1. The largest absolute Gasteiger partial charge is 0.325 e. The van der Waals surface area contributed by atoms with Crippen LogP contribution in [0.25, 0.3) is 0 Å². The van der Waals surface area contributed by atoms with E-state index in [0.717, 1.165) is 45.4 Å². The third-order valence-corrected chi connectivity index (χ3v) is 4.39. The fourth-order valence-corrected chi connectivity index (χ4v) is 3.19. The van der Waals surface area contributed by atoms with E-state index in [1.807, 2.05) is 0 Å². The Morgan fingerprint density at radius 1 is 1.23 bits per heavy atom. The molecule has 0 aromatic heterocycles. The second kappa shape index (κ2) is 8.13. The van der Waals surface area contributed by atoms with E-state index in [4.69, 9.17) is 0 Å². The molecule has 0 atom stereocenters. The van der Waals surface area contributed by atoms with Crippen LogP contribution in [-0.4, -0.2) is 66.0 Å². The van der Waals surface area contributed by atoms with Gasteiger partial charge in [0.15, 0.2) is 0 Å². The fourth-order valence-electron chi connectivity index (χ4n) is 3.19. The van der Waals surface area contributed by atoms with Crippen molar-refractivity contribution < 1.29 is 9.59 Å². The summed E-state index contributed by atoms with van der Waals surface area (Å²) in [5, 5.41) is 6.12. The summed E-state index contributed by atoms with van der Waals surface area (Å²) in [6.07, 6.45) is 3.38. The Hall–Kier alpha value is -0.850. The van der Waals surface area contributed by atoms with E-state index in [1.165, 1.54) is 4.90 Å². The second-order valence-corrected chi connectivity index (χ2v) is 6.53. The topological polar surface area (TPSA) is 64.7 Å². The van der Waals surface area contributed by atoms with Gasteiger partial charge in [0, 0.05) is 19.1 Å². The predicted octanol–water partition coefficient (Wildman–Crippen LogP) is 1.20. The van der Waals surface area contributed by atoms with Crippen LogP contribution in [0.15, 0.2) is 0 Å². The number of carbonyl (C=O) groups is 2. The van der Waals surface area contributed by atoms with Gasteiger partial charge in [0.1, 0.15) is 5.54 Å². The summed E-state index contributed by atoms with van der Waals surface area (Å²) in [6.45, 7) is 10.1. The van der Waals surface area contributed by atoms with Crippen molar-refractivity contribution >= 4 is 24.3 Å². The molecule has 0 aromatic carbocycles. The first-order chi connectivity index (χ1) is 9.95. The Bertz CT molecular complexity index is 397. The maximum absolute atomic E-state index is 12.2. The lowest BCUT2D eigenvalue weighted by Gasteiger charge is -2.35. The first-order valence-corrected chi connectivity index (χ1v) is 8.04. The van der Waals surface area contributed by atoms with Crippen molar-refractivity contribution in [2.75, 3.05) is 32.7 Å². The van der Waals surface area contributed by atoms with Crippen molar-refractivity contribution in [2.45, 2.75) is 51.6 Å². The SMILES string of the molecule is CCCN(CCN1C(=O)NC(C)(C)C1=O)C1CCNCC1.Cl. The normalized spacial score (nSPS) is 21.9. The van der Waals surface area contributed by atoms with Gasteiger partial charge >= 0.3 is 6.03 Å². The molecule has 0 bridgehead atoms. The molecule has 0 unspecified atom stereocenters. The number of nitrogens with zero attached hydrogens (tertiary/aromatic N) is 2. The molecule has 3 amide bonds. The van der Waals surface area contributed by atoms with Crippen molar-refractivity contribution in [2.24, 2.45) is 0 Å². The summed E-state index contributed by atoms with van der Waals surface area (Å²) < 4.78 is 0. The third-order valence-electron chi connectivity index (χ3n) is 4.39. The number of imide groups is 1. The number of hydrogen-bond donors (Lipinski definition) is 2. The van der Waals surface area contributed by atoms with Gasteiger partial charge in [-0.3, -0.25) is 14.6 Å². The Labute approximate surface area is 139 Å². The third kappa shape index (κ3) is 4.33. The number of hydrogen-bond acceptors (Lipinski definition) is 4. The van der Waals surface area contributed by atoms with Gasteiger partial charge in [-0.2, -0.15) is 0 Å². The lowest BCUT2D eigenvalue weighted by molar-refractivity contribution is -0.130. The number of halogens is 1. The molecule has 2 N–H and O–H groups in total. The summed E-state index contributed by atoms with van der Waals surface area (Å²) in [7, 11) is 0. The maximum Gasteiger partial charge on any atom is 0.325 e. The van der Waals surface area contributed by atoms with Gasteiger partial charge in [0.2, 0.25) is 0 Å². The van der Waals surface area contributed by atoms with Crippen molar-refractivity contribution in [1.82, 2.24) is 20.4 Å². The second-order valence-electron chi connectivity index (χ2n) is 6.53. The molecule has 6 nitrogen and oxygen atoms in total. The maximum atomic E-state index is 12.2. The highest BCUT2D eigenvalue weighted by molar-refractivity contribution is 6.06. The number of carbonyl (C=O) groups excluding carboxylic acids is 2. The van der Waals surface area contributed by atoms with Gasteiger partial charge in [-0.25, -0.2) is 4.79 Å². The zero-order valence-electron chi connectivity index (χ0n) is 13.9. The minimum atomic E-state index is -0.762. The molecule has 0 aliphatic carbocycles. The Morgan fingerprint density at radius 2 is 1.86 bits per heavy atom. The highest BCUT2D eigenvalue weighted by Crippen LogP contribution is 2.17. The molecule has 0 spiro atoms. The van der Waals surface area contributed by atoms with E-state index in [0.29, 0.717) is 12.6 Å². The van der Waals surface area contributed by atoms with Gasteiger partial charge in [0.05, 0.1) is 0 Å². The Balaban J connectivity index is 0.00000242. The van der Waals surface area contributed by atoms with Crippen LogP contribution in [0.2, 0.25) is 0 Å². The van der Waals surface area contributed by atoms with Crippen molar-refractivity contribution in [3.8, 4) is 0 Å². The van der Waals surface area contributed by atoms with Crippen LogP contribution in [0, 0.1) is 0 Å². The van der Waals surface area contributed by atoms with Gasteiger partial charge < -0.3 is 10.6 Å². The zero-order chi connectivity index (χ0) is 15.5. The monoisotopic (exact) mass is 332 g/mol. The average molecular weight is 333 g/mol. The van der Waals surface area contributed by atoms with E-state index < -0.39 is 5.54 Å². The highest BCUT2D eigenvalue weighted by atomic mass is 35.5. The smallest absolute Gasteiger partial charge is 0.324 e. The van der Waals surface area contributed by atoms with Gasteiger partial charge in [-0.05, 0) is 52.7 Å². The van der Waals surface area contributed by atoms with Crippen molar-refractivity contribution in [1.29, 1.82) is 0 Å². The highest BCUT2D eigenvalue weighted by Gasteiger charge is 2.44. The quantitative estimate of drug-likeness (QED) is 0.717. The van der Waals surface area contributed by atoms with Crippen LogP contribution >= 0.6 is 12.4 Å². The van der Waals surface area contributed by atoms with Crippen LogP contribution in [-0.2, 0) is 4.79 Å². The molecule has 0 aromatic rings. The average Bonchev–Trinajstić information content (AvgIpc) is 2.65. The molecule has 2 fully saturated rings. The molecule has 0 radical (unpaired) electrons. The van der Waals surface area contributed by atoms with Crippen molar-refractivity contribution in [3.05, 3.63) is 0 Å². The molecule has 0 saturated carbocycles. The summed E-state index contributed by atoms with van der Waals surface area (Å²) >= 11 is 0. The van der Waals surface area contributed by atoms with E-state index in [2.05, 4.69) is 22.5 Å². The van der Waals surface area contributed by atoms with E-state index >= 15 is 0 Å². The standard InChI is InChI=1S/C15H28N4O2.ClH/c1-4-9-18(12-5-7-16-8-6-12)10-11-19-13(20)15(2,3)17-14(19)21;/h12,16H,4-11H2,1-3H3,(H,17,21);1H. The number of piperidine rings is 1.